The summed E-state index contributed by atoms with van der Waals surface area (Å²) in [4.78, 5) is 37.1. The number of carbonyl (C=O) groups excluding carboxylic acids is 3. The first-order valence-electron chi connectivity index (χ1n) is 19.3. The minimum absolute atomic E-state index is 0.0377. The molecule has 0 spiro atoms. The molecule has 1 heterocycles. The molecule has 0 saturated carbocycles. The highest BCUT2D eigenvalue weighted by atomic mass is 16.5. The lowest BCUT2D eigenvalue weighted by molar-refractivity contribution is -0.151. The average molecular weight is 734 g/mol. The number of hydrogen-bond acceptors (Lipinski definition) is 5. The van der Waals surface area contributed by atoms with Crippen molar-refractivity contribution in [3.05, 3.63) is 142 Å². The van der Waals surface area contributed by atoms with Crippen LogP contribution in [0, 0.1) is 16.7 Å². The monoisotopic (exact) mass is 733 g/mol. The molecule has 0 radical (unpaired) electrons. The molecule has 0 aromatic rings. The Morgan fingerprint density at radius 3 is 1.91 bits per heavy atom. The molecule has 2 amide bonds. The van der Waals surface area contributed by atoms with E-state index in [0.717, 1.165) is 34.5 Å². The first-order valence-corrected chi connectivity index (χ1v) is 19.3. The smallest absolute Gasteiger partial charge is 0.306 e. The Kier molecular flexibility index (Phi) is 16.4. The molecule has 0 saturated heterocycles. The molecule has 0 unspecified atom stereocenters. The van der Waals surface area contributed by atoms with Gasteiger partial charge in [-0.15, -0.1) is 0 Å². The van der Waals surface area contributed by atoms with Crippen molar-refractivity contribution in [2.24, 2.45) is 16.7 Å². The molecule has 1 aliphatic heterocycles. The van der Waals surface area contributed by atoms with E-state index >= 15 is 0 Å². The van der Waals surface area contributed by atoms with E-state index in [4.69, 9.17) is 4.74 Å². The molecule has 0 bridgehead atoms. The standard InChI is InChI=1S/C48H63NO5/c1-34(18-13-20-36(3)23-25-42-38(5)30-40(50)32-47(42,7)8)16-11-12-17-35(2)19-14-21-37(4)24-26-43-39(6)31-41(33-48(43,9)10)54-46(53)22-15-29-49-44(51)27-28-45(49)52/h11-14,16-21,23-28,30,40-42,50H,15,22,29,31-33H2,1-10H3/b12-11+,18-13+,19-14+,25-23+,26-24+,34-16+,35-17+,36-20+,37-21+/t40-,41+,42-/m0/s1. The summed E-state index contributed by atoms with van der Waals surface area (Å²) >= 11 is 0. The lowest BCUT2D eigenvalue weighted by Gasteiger charge is -2.38. The zero-order valence-corrected chi connectivity index (χ0v) is 34.3. The van der Waals surface area contributed by atoms with Gasteiger partial charge in [0.1, 0.15) is 6.10 Å². The molecule has 290 valence electrons. The second-order valence-corrected chi connectivity index (χ2v) is 16.4. The Morgan fingerprint density at radius 1 is 0.815 bits per heavy atom. The Labute approximate surface area is 325 Å². The molecule has 0 aromatic heterocycles. The number of aliphatic hydroxyl groups is 1. The van der Waals surface area contributed by atoms with Crippen molar-refractivity contribution in [3.8, 4) is 0 Å². The van der Waals surface area contributed by atoms with Crippen LogP contribution in [0.5, 0.6) is 0 Å². The first kappa shape index (κ1) is 43.9. The van der Waals surface area contributed by atoms with E-state index in [1.165, 1.54) is 34.4 Å². The maximum atomic E-state index is 12.6. The van der Waals surface area contributed by atoms with Gasteiger partial charge in [-0.3, -0.25) is 19.3 Å². The Balaban J connectivity index is 1.46. The van der Waals surface area contributed by atoms with Gasteiger partial charge in [0.25, 0.3) is 11.8 Å². The van der Waals surface area contributed by atoms with Crippen molar-refractivity contribution >= 4 is 17.8 Å². The van der Waals surface area contributed by atoms with Gasteiger partial charge in [0.15, 0.2) is 0 Å². The number of nitrogens with zero attached hydrogens (tertiary/aromatic N) is 1. The molecule has 54 heavy (non-hydrogen) atoms. The predicted molar refractivity (Wildman–Crippen MR) is 223 cm³/mol. The highest BCUT2D eigenvalue weighted by Gasteiger charge is 2.35. The predicted octanol–water partition coefficient (Wildman–Crippen LogP) is 10.7. The number of amides is 2. The van der Waals surface area contributed by atoms with E-state index in [1.54, 1.807) is 0 Å². The number of allylic oxidation sites excluding steroid dienone is 20. The van der Waals surface area contributed by atoms with Crippen molar-refractivity contribution in [3.63, 3.8) is 0 Å². The second-order valence-electron chi connectivity index (χ2n) is 16.4. The fourth-order valence-corrected chi connectivity index (χ4v) is 7.47. The van der Waals surface area contributed by atoms with Gasteiger partial charge < -0.3 is 9.84 Å². The second kappa shape index (κ2) is 20.2. The SMILES string of the molecule is CC1=C[C@H](O)CC(C)(C)[C@H]1/C=C/C(C)=C/C=C/C(C)=C/C=C/C=C(C)/C=C/C=C(C)/C=C/C1=C(C)C[C@@H](OC(=O)CCCN2C(=O)C=CC2=O)CC1(C)C. The molecule has 3 aliphatic rings. The van der Waals surface area contributed by atoms with Crippen molar-refractivity contribution < 1.29 is 24.2 Å². The van der Waals surface area contributed by atoms with Crippen LogP contribution < -0.4 is 0 Å². The largest absolute Gasteiger partial charge is 0.462 e. The number of esters is 1. The third-order valence-corrected chi connectivity index (χ3v) is 10.3. The van der Waals surface area contributed by atoms with Gasteiger partial charge in [-0.1, -0.05) is 152 Å². The zero-order valence-electron chi connectivity index (χ0n) is 34.3. The highest BCUT2D eigenvalue weighted by molar-refractivity contribution is 6.12. The van der Waals surface area contributed by atoms with Crippen LogP contribution in [0.1, 0.15) is 101 Å². The van der Waals surface area contributed by atoms with Gasteiger partial charge >= 0.3 is 5.97 Å². The van der Waals surface area contributed by atoms with Crippen molar-refractivity contribution in [2.75, 3.05) is 6.54 Å². The van der Waals surface area contributed by atoms with Crippen molar-refractivity contribution in [1.29, 1.82) is 0 Å². The van der Waals surface area contributed by atoms with Gasteiger partial charge in [0, 0.05) is 37.5 Å². The average Bonchev–Trinajstić information content (AvgIpc) is 3.37. The minimum Gasteiger partial charge on any atom is -0.462 e. The van der Waals surface area contributed by atoms with E-state index in [1.807, 2.05) is 6.08 Å². The third kappa shape index (κ3) is 14.0. The summed E-state index contributed by atoms with van der Waals surface area (Å²) in [5.41, 5.74) is 8.23. The van der Waals surface area contributed by atoms with E-state index in [-0.39, 0.29) is 53.8 Å². The number of imide groups is 1. The van der Waals surface area contributed by atoms with Crippen LogP contribution in [0.25, 0.3) is 0 Å². The summed E-state index contributed by atoms with van der Waals surface area (Å²) in [6.45, 7) is 21.6. The van der Waals surface area contributed by atoms with Gasteiger partial charge in [0.2, 0.25) is 0 Å². The Hall–Kier alpha value is -4.55. The van der Waals surface area contributed by atoms with Crippen molar-refractivity contribution in [1.82, 2.24) is 4.90 Å². The molecule has 3 rings (SSSR count). The third-order valence-electron chi connectivity index (χ3n) is 10.3. The minimum atomic E-state index is -0.347. The molecule has 0 fully saturated rings. The zero-order chi connectivity index (χ0) is 40.1. The normalized spacial score (nSPS) is 24.5. The first-order chi connectivity index (χ1) is 25.4. The van der Waals surface area contributed by atoms with E-state index in [9.17, 15) is 19.5 Å². The van der Waals surface area contributed by atoms with E-state index in [2.05, 4.69) is 154 Å². The molecule has 6 heteroatoms. The summed E-state index contributed by atoms with van der Waals surface area (Å²) in [6.07, 6.45) is 36.4. The summed E-state index contributed by atoms with van der Waals surface area (Å²) in [5.74, 6) is -0.626. The highest BCUT2D eigenvalue weighted by Crippen LogP contribution is 2.43. The maximum absolute atomic E-state index is 12.6. The lowest BCUT2D eigenvalue weighted by Crippen LogP contribution is -2.33. The van der Waals surface area contributed by atoms with Crippen LogP contribution in [0.3, 0.4) is 0 Å². The number of carbonyl (C=O) groups is 3. The van der Waals surface area contributed by atoms with Crippen LogP contribution in [0.15, 0.2) is 142 Å². The molecule has 2 aliphatic carbocycles. The molecular formula is C48H63NO5. The Morgan fingerprint density at radius 2 is 1.35 bits per heavy atom. The van der Waals surface area contributed by atoms with E-state index in [0.29, 0.717) is 18.8 Å². The summed E-state index contributed by atoms with van der Waals surface area (Å²) < 4.78 is 5.82. The summed E-state index contributed by atoms with van der Waals surface area (Å²) in [7, 11) is 0. The van der Waals surface area contributed by atoms with Crippen LogP contribution >= 0.6 is 0 Å². The van der Waals surface area contributed by atoms with Gasteiger partial charge in [-0.05, 0) is 77.2 Å². The fourth-order valence-electron chi connectivity index (χ4n) is 7.47. The topological polar surface area (TPSA) is 83.9 Å². The molecule has 1 N–H and O–H groups in total. The van der Waals surface area contributed by atoms with Gasteiger partial charge in [-0.2, -0.15) is 0 Å². The number of ether oxygens (including phenoxy) is 1. The Bertz CT molecular complexity index is 1760. The van der Waals surface area contributed by atoms with E-state index < -0.39 is 0 Å². The van der Waals surface area contributed by atoms with Crippen LogP contribution in [-0.4, -0.2) is 46.5 Å². The van der Waals surface area contributed by atoms with Gasteiger partial charge in [-0.25, -0.2) is 0 Å². The van der Waals surface area contributed by atoms with Gasteiger partial charge in [0.05, 0.1) is 6.10 Å². The van der Waals surface area contributed by atoms with Crippen molar-refractivity contribution in [2.45, 2.75) is 114 Å². The molecular weight excluding hydrogens is 671 g/mol. The fraction of sp³-hybridized carbons (Fsp3) is 0.438. The lowest BCUT2D eigenvalue weighted by atomic mass is 9.67. The van der Waals surface area contributed by atoms with Crippen LogP contribution in [0.4, 0.5) is 0 Å². The summed E-state index contributed by atoms with van der Waals surface area (Å²) in [5, 5.41) is 10.1. The quantitative estimate of drug-likeness (QED) is 0.0784. The number of aliphatic hydroxyl groups excluding tert-OH is 1. The molecule has 6 nitrogen and oxygen atoms in total. The number of hydrogen-bond donors (Lipinski definition) is 1. The number of rotatable bonds is 15. The van der Waals surface area contributed by atoms with Crippen LogP contribution in [0.2, 0.25) is 0 Å². The molecule has 3 atom stereocenters. The van der Waals surface area contributed by atoms with Crippen LogP contribution in [-0.2, 0) is 19.1 Å². The summed E-state index contributed by atoms with van der Waals surface area (Å²) in [6, 6.07) is 0. The molecule has 0 aromatic carbocycles. The maximum Gasteiger partial charge on any atom is 0.306 e.